The number of benzene rings is 2. The van der Waals surface area contributed by atoms with Gasteiger partial charge in [-0.25, -0.2) is 4.98 Å². The molecule has 0 atom stereocenters. The Hall–Kier alpha value is -2.00. The maximum absolute atomic E-state index is 13.7. The van der Waals surface area contributed by atoms with Crippen molar-refractivity contribution in [3.05, 3.63) is 65.0 Å². The van der Waals surface area contributed by atoms with Crippen LogP contribution in [0.1, 0.15) is 10.6 Å². The molecule has 0 N–H and O–H groups in total. The molecule has 1 nitrogen and oxygen atoms in total. The van der Waals surface area contributed by atoms with Crippen LogP contribution < -0.4 is 0 Å². The van der Waals surface area contributed by atoms with E-state index in [1.54, 1.807) is 0 Å². The summed E-state index contributed by atoms with van der Waals surface area (Å²) in [4.78, 5) is 4.44. The molecule has 0 radical (unpaired) electrons. The fourth-order valence-electron chi connectivity index (χ4n) is 2.14. The van der Waals surface area contributed by atoms with Gasteiger partial charge in [-0.15, -0.1) is 11.3 Å². The molecule has 0 amide bonds. The topological polar surface area (TPSA) is 12.9 Å². The van der Waals surface area contributed by atoms with E-state index in [-0.39, 0.29) is 5.95 Å². The monoisotopic (exact) mass is 283 g/mol. The number of hydrogen-bond acceptors (Lipinski definition) is 2. The Morgan fingerprint density at radius 3 is 1.80 bits per heavy atom. The molecule has 0 spiro atoms. The van der Waals surface area contributed by atoms with Crippen molar-refractivity contribution in [1.29, 1.82) is 0 Å². The highest BCUT2D eigenvalue weighted by molar-refractivity contribution is 7.15. The van der Waals surface area contributed by atoms with Crippen LogP contribution in [0.15, 0.2) is 48.5 Å². The Kier molecular flexibility index (Phi) is 3.36. The molecule has 0 aliphatic heterocycles. The zero-order chi connectivity index (χ0) is 14.1. The lowest BCUT2D eigenvalue weighted by Crippen LogP contribution is -1.81. The van der Waals surface area contributed by atoms with Crippen LogP contribution in [0.25, 0.3) is 21.6 Å². The van der Waals surface area contributed by atoms with Crippen LogP contribution in [-0.2, 0) is 0 Å². The van der Waals surface area contributed by atoms with Gasteiger partial charge in [0.25, 0.3) is 0 Å². The van der Waals surface area contributed by atoms with E-state index in [2.05, 4.69) is 36.2 Å². The molecule has 0 saturated carbocycles. The number of thiazole rings is 1. The molecule has 3 aromatic rings. The van der Waals surface area contributed by atoms with E-state index in [9.17, 15) is 4.39 Å². The average molecular weight is 283 g/mol. The standard InChI is InChI=1S/C17H14FNS/c1-11-3-5-13(6-4-11)14-7-9-15(10-8-14)16-17(18)19-12(2)20-16/h3-10H,1-2H3. The van der Waals surface area contributed by atoms with Crippen molar-refractivity contribution in [1.82, 2.24) is 4.98 Å². The fraction of sp³-hybridized carbons (Fsp3) is 0.118. The van der Waals surface area contributed by atoms with Gasteiger partial charge in [0, 0.05) is 0 Å². The van der Waals surface area contributed by atoms with Crippen LogP contribution in [0.2, 0.25) is 0 Å². The number of hydrogen-bond donors (Lipinski definition) is 0. The third-order valence-corrected chi connectivity index (χ3v) is 4.22. The first-order valence-electron chi connectivity index (χ1n) is 6.44. The molecule has 100 valence electrons. The molecule has 0 aliphatic rings. The van der Waals surface area contributed by atoms with E-state index >= 15 is 0 Å². The molecule has 0 saturated heterocycles. The molecule has 0 unspecified atom stereocenters. The quantitative estimate of drug-likeness (QED) is 0.627. The number of nitrogens with zero attached hydrogens (tertiary/aromatic N) is 1. The molecule has 20 heavy (non-hydrogen) atoms. The third-order valence-electron chi connectivity index (χ3n) is 3.22. The van der Waals surface area contributed by atoms with E-state index < -0.39 is 0 Å². The summed E-state index contributed by atoms with van der Waals surface area (Å²) in [5.74, 6) is -0.379. The first-order chi connectivity index (χ1) is 9.63. The second-order valence-electron chi connectivity index (χ2n) is 4.80. The Labute approximate surface area is 121 Å². The Balaban J connectivity index is 1.95. The van der Waals surface area contributed by atoms with Crippen LogP contribution in [-0.4, -0.2) is 4.98 Å². The summed E-state index contributed by atoms with van der Waals surface area (Å²) < 4.78 is 13.7. The van der Waals surface area contributed by atoms with Crippen molar-refractivity contribution < 1.29 is 4.39 Å². The summed E-state index contributed by atoms with van der Waals surface area (Å²) in [6.07, 6.45) is 0. The lowest BCUT2D eigenvalue weighted by Gasteiger charge is -2.04. The summed E-state index contributed by atoms with van der Waals surface area (Å²) in [6, 6.07) is 16.3. The van der Waals surface area contributed by atoms with Gasteiger partial charge in [0.1, 0.15) is 0 Å². The van der Waals surface area contributed by atoms with Gasteiger partial charge in [0.15, 0.2) is 0 Å². The van der Waals surface area contributed by atoms with Crippen molar-refractivity contribution in [2.75, 3.05) is 0 Å². The summed E-state index contributed by atoms with van der Waals surface area (Å²) in [5, 5.41) is 0.750. The number of halogens is 1. The zero-order valence-corrected chi connectivity index (χ0v) is 12.2. The predicted octanol–water partition coefficient (Wildman–Crippen LogP) is 5.23. The van der Waals surface area contributed by atoms with Gasteiger partial charge in [-0.3, -0.25) is 0 Å². The minimum Gasteiger partial charge on any atom is -0.213 e. The Morgan fingerprint density at radius 2 is 1.30 bits per heavy atom. The summed E-state index contributed by atoms with van der Waals surface area (Å²) in [7, 11) is 0. The van der Waals surface area contributed by atoms with Gasteiger partial charge in [-0.2, -0.15) is 4.39 Å². The minimum absolute atomic E-state index is 0.379. The van der Waals surface area contributed by atoms with Gasteiger partial charge in [0.05, 0.1) is 9.88 Å². The van der Waals surface area contributed by atoms with Gasteiger partial charge >= 0.3 is 0 Å². The van der Waals surface area contributed by atoms with E-state index in [4.69, 9.17) is 0 Å². The van der Waals surface area contributed by atoms with Crippen molar-refractivity contribution in [3.63, 3.8) is 0 Å². The lowest BCUT2D eigenvalue weighted by molar-refractivity contribution is 0.593. The highest BCUT2D eigenvalue weighted by atomic mass is 32.1. The number of aromatic nitrogens is 1. The molecule has 1 aromatic heterocycles. The molecular formula is C17H14FNS. The van der Waals surface area contributed by atoms with Crippen molar-refractivity contribution in [2.24, 2.45) is 0 Å². The molecule has 3 heteroatoms. The van der Waals surface area contributed by atoms with Crippen LogP contribution >= 0.6 is 11.3 Å². The normalized spacial score (nSPS) is 10.8. The maximum atomic E-state index is 13.7. The third kappa shape index (κ3) is 2.49. The Morgan fingerprint density at radius 1 is 0.800 bits per heavy atom. The summed E-state index contributed by atoms with van der Waals surface area (Å²) in [6.45, 7) is 3.89. The van der Waals surface area contributed by atoms with E-state index in [1.165, 1.54) is 22.5 Å². The van der Waals surface area contributed by atoms with Crippen molar-refractivity contribution in [3.8, 4) is 21.6 Å². The highest BCUT2D eigenvalue weighted by Gasteiger charge is 2.10. The molecule has 1 heterocycles. The van der Waals surface area contributed by atoms with Crippen LogP contribution in [0, 0.1) is 19.8 Å². The van der Waals surface area contributed by atoms with E-state index in [0.717, 1.165) is 16.1 Å². The van der Waals surface area contributed by atoms with Crippen LogP contribution in [0.4, 0.5) is 4.39 Å². The predicted molar refractivity (Wildman–Crippen MR) is 82.4 cm³/mol. The minimum atomic E-state index is -0.379. The SMILES string of the molecule is Cc1ccc(-c2ccc(-c3sc(C)nc3F)cc2)cc1. The van der Waals surface area contributed by atoms with Crippen molar-refractivity contribution >= 4 is 11.3 Å². The smallest absolute Gasteiger partial charge is 0.213 e. The van der Waals surface area contributed by atoms with E-state index in [1.807, 2.05) is 31.2 Å². The number of aryl methyl sites for hydroxylation is 2. The molecule has 3 rings (SSSR count). The lowest BCUT2D eigenvalue weighted by atomic mass is 10.0. The molecule has 2 aromatic carbocycles. The van der Waals surface area contributed by atoms with Crippen molar-refractivity contribution in [2.45, 2.75) is 13.8 Å². The summed E-state index contributed by atoms with van der Waals surface area (Å²) >= 11 is 1.38. The fourth-order valence-corrected chi connectivity index (χ4v) is 2.94. The second-order valence-corrected chi connectivity index (χ2v) is 6.00. The average Bonchev–Trinajstić information content (AvgIpc) is 2.79. The van der Waals surface area contributed by atoms with Crippen LogP contribution in [0.5, 0.6) is 0 Å². The van der Waals surface area contributed by atoms with Gasteiger partial charge in [-0.05, 0) is 30.5 Å². The van der Waals surface area contributed by atoms with E-state index in [0.29, 0.717) is 4.88 Å². The second kappa shape index (κ2) is 5.17. The van der Waals surface area contributed by atoms with Crippen LogP contribution in [0.3, 0.4) is 0 Å². The maximum Gasteiger partial charge on any atom is 0.231 e. The molecular weight excluding hydrogens is 269 g/mol. The van der Waals surface area contributed by atoms with Gasteiger partial charge in [0.2, 0.25) is 5.95 Å². The largest absolute Gasteiger partial charge is 0.231 e. The first-order valence-corrected chi connectivity index (χ1v) is 7.25. The first kappa shape index (κ1) is 13.0. The van der Waals surface area contributed by atoms with Gasteiger partial charge in [-0.1, -0.05) is 54.1 Å². The molecule has 0 bridgehead atoms. The molecule has 0 aliphatic carbocycles. The summed E-state index contributed by atoms with van der Waals surface area (Å²) in [5.41, 5.74) is 4.43. The Bertz CT molecular complexity index is 727. The zero-order valence-electron chi connectivity index (χ0n) is 11.4. The molecule has 0 fully saturated rings. The van der Waals surface area contributed by atoms with Gasteiger partial charge < -0.3 is 0 Å². The highest BCUT2D eigenvalue weighted by Crippen LogP contribution is 2.30. The number of rotatable bonds is 2.